The molecule has 2 aliphatic rings. The van der Waals surface area contributed by atoms with Crippen LogP contribution in [0.3, 0.4) is 0 Å². The van der Waals surface area contributed by atoms with Crippen molar-refractivity contribution in [1.82, 2.24) is 4.90 Å². The smallest absolute Gasteiger partial charge is 0.416 e. The molecule has 0 aromatic heterocycles. The van der Waals surface area contributed by atoms with Crippen LogP contribution in [0.2, 0.25) is 0 Å². The first-order chi connectivity index (χ1) is 10.3. The number of rotatable bonds is 4. The Balaban J connectivity index is 2.00. The number of aliphatic carboxylic acids is 1. The highest BCUT2D eigenvalue weighted by Gasteiger charge is 2.41. The third kappa shape index (κ3) is 2.67. The molecule has 1 atom stereocenters. The van der Waals surface area contributed by atoms with Crippen LogP contribution in [0.5, 0.6) is 0 Å². The second-order valence-corrected chi connectivity index (χ2v) is 5.79. The highest BCUT2D eigenvalue weighted by molar-refractivity contribution is 5.99. The van der Waals surface area contributed by atoms with E-state index >= 15 is 0 Å². The normalized spacial score (nSPS) is 21.1. The average molecular weight is 312 g/mol. The monoisotopic (exact) mass is 312 g/mol. The summed E-state index contributed by atoms with van der Waals surface area (Å²) in [6.07, 6.45) is -3.13. The molecule has 0 saturated heterocycles. The Morgan fingerprint density at radius 1 is 1.32 bits per heavy atom. The van der Waals surface area contributed by atoms with E-state index in [4.69, 9.17) is 0 Å². The molecule has 1 fully saturated rings. The van der Waals surface area contributed by atoms with Crippen molar-refractivity contribution in [3.63, 3.8) is 0 Å². The lowest BCUT2D eigenvalue weighted by Crippen LogP contribution is -2.34. The Labute approximate surface area is 124 Å². The number of hydrogen-bond acceptors (Lipinski definition) is 3. The summed E-state index contributed by atoms with van der Waals surface area (Å²) in [5.74, 6) is -1.48. The van der Waals surface area contributed by atoms with E-state index in [0.717, 1.165) is 31.0 Å². The van der Waals surface area contributed by atoms with E-state index < -0.39 is 36.1 Å². The molecule has 3 rings (SSSR count). The molecule has 4 nitrogen and oxygen atoms in total. The first-order valence-corrected chi connectivity index (χ1v) is 6.99. The molecule has 1 unspecified atom stereocenters. The number of alkyl halides is 3. The summed E-state index contributed by atoms with van der Waals surface area (Å²) in [5, 5.41) is 10.9. The molecular formula is C15H13F3NO3-. The first-order valence-electron chi connectivity index (χ1n) is 6.99. The van der Waals surface area contributed by atoms with Gasteiger partial charge in [-0.15, -0.1) is 0 Å². The van der Waals surface area contributed by atoms with E-state index in [1.165, 1.54) is 4.90 Å². The van der Waals surface area contributed by atoms with Crippen molar-refractivity contribution >= 4 is 11.9 Å². The van der Waals surface area contributed by atoms with Crippen LogP contribution in [-0.4, -0.2) is 23.3 Å². The number of fused-ring (bicyclic) bond motifs is 1. The number of amides is 1. The average Bonchev–Trinajstić information content (AvgIpc) is 3.20. The predicted octanol–water partition coefficient (Wildman–Crippen LogP) is 1.75. The van der Waals surface area contributed by atoms with Gasteiger partial charge in [0, 0.05) is 24.5 Å². The number of halogens is 3. The van der Waals surface area contributed by atoms with Crippen LogP contribution in [0, 0.1) is 5.92 Å². The zero-order chi connectivity index (χ0) is 16.1. The van der Waals surface area contributed by atoms with Crippen LogP contribution in [-0.2, 0) is 11.0 Å². The summed E-state index contributed by atoms with van der Waals surface area (Å²) in [5.41, 5.74) is -0.597. The maximum absolute atomic E-state index is 12.8. The summed E-state index contributed by atoms with van der Waals surface area (Å²) < 4.78 is 38.5. The second kappa shape index (κ2) is 5.00. The largest absolute Gasteiger partial charge is 0.550 e. The van der Waals surface area contributed by atoms with E-state index in [9.17, 15) is 27.9 Å². The van der Waals surface area contributed by atoms with Gasteiger partial charge in [0.15, 0.2) is 0 Å². The molecule has 1 aliphatic carbocycles. The van der Waals surface area contributed by atoms with Crippen molar-refractivity contribution in [2.24, 2.45) is 5.92 Å². The van der Waals surface area contributed by atoms with Gasteiger partial charge in [0.25, 0.3) is 5.91 Å². The molecule has 1 aliphatic heterocycles. The van der Waals surface area contributed by atoms with Gasteiger partial charge < -0.3 is 14.8 Å². The third-order valence-electron chi connectivity index (χ3n) is 4.12. The molecular weight excluding hydrogens is 299 g/mol. The van der Waals surface area contributed by atoms with Crippen LogP contribution in [0.1, 0.15) is 46.8 Å². The van der Waals surface area contributed by atoms with Gasteiger partial charge in [-0.3, -0.25) is 4.79 Å². The number of carboxylic acids is 1. The Morgan fingerprint density at radius 3 is 2.55 bits per heavy atom. The van der Waals surface area contributed by atoms with Gasteiger partial charge in [-0.05, 0) is 42.5 Å². The highest BCUT2D eigenvalue weighted by atomic mass is 19.4. The van der Waals surface area contributed by atoms with E-state index in [2.05, 4.69) is 0 Å². The van der Waals surface area contributed by atoms with Gasteiger partial charge in [-0.2, -0.15) is 13.2 Å². The summed E-state index contributed by atoms with van der Waals surface area (Å²) in [6, 6.07) is 1.99. The summed E-state index contributed by atoms with van der Waals surface area (Å²) >= 11 is 0. The number of nitrogens with zero attached hydrogens (tertiary/aromatic N) is 1. The lowest BCUT2D eigenvalue weighted by molar-refractivity contribution is -0.306. The number of benzene rings is 1. The minimum atomic E-state index is -4.53. The summed E-state index contributed by atoms with van der Waals surface area (Å²) in [6.45, 7) is 0.382. The van der Waals surface area contributed by atoms with Crippen LogP contribution >= 0.6 is 0 Å². The molecule has 1 aromatic carbocycles. The Kier molecular flexibility index (Phi) is 3.38. The molecule has 0 bridgehead atoms. The lowest BCUT2D eigenvalue weighted by Gasteiger charge is -2.26. The second-order valence-electron chi connectivity index (χ2n) is 5.79. The van der Waals surface area contributed by atoms with Gasteiger partial charge in [0.05, 0.1) is 11.6 Å². The van der Waals surface area contributed by atoms with Crippen molar-refractivity contribution in [1.29, 1.82) is 0 Å². The fourth-order valence-corrected chi connectivity index (χ4v) is 2.84. The quantitative estimate of drug-likeness (QED) is 0.851. The van der Waals surface area contributed by atoms with Crippen LogP contribution in [0.15, 0.2) is 18.2 Å². The highest BCUT2D eigenvalue weighted by Crippen LogP contribution is 2.42. The predicted molar refractivity (Wildman–Crippen MR) is 67.6 cm³/mol. The summed E-state index contributed by atoms with van der Waals surface area (Å²) in [4.78, 5) is 24.6. The zero-order valence-electron chi connectivity index (χ0n) is 11.5. The van der Waals surface area contributed by atoms with E-state index in [-0.39, 0.29) is 11.1 Å². The van der Waals surface area contributed by atoms with Gasteiger partial charge in [0.2, 0.25) is 0 Å². The zero-order valence-corrected chi connectivity index (χ0v) is 11.5. The molecule has 1 aromatic rings. The minimum Gasteiger partial charge on any atom is -0.550 e. The Bertz CT molecular complexity index is 637. The summed E-state index contributed by atoms with van der Waals surface area (Å²) in [7, 11) is 0. The Morgan fingerprint density at radius 2 is 2.00 bits per heavy atom. The number of carbonyl (C=O) groups is 2. The van der Waals surface area contributed by atoms with Gasteiger partial charge >= 0.3 is 6.18 Å². The van der Waals surface area contributed by atoms with Crippen LogP contribution < -0.4 is 5.11 Å². The van der Waals surface area contributed by atoms with Crippen molar-refractivity contribution in [3.05, 3.63) is 34.9 Å². The number of carbonyl (C=O) groups excluding carboxylic acids is 2. The van der Waals surface area contributed by atoms with Crippen molar-refractivity contribution in [3.8, 4) is 0 Å². The van der Waals surface area contributed by atoms with Gasteiger partial charge in [-0.25, -0.2) is 0 Å². The minimum absolute atomic E-state index is 0.129. The lowest BCUT2D eigenvalue weighted by atomic mass is 9.99. The standard InChI is InChI=1S/C15H14F3NO3/c16-15(17,18)9-3-4-10-11(5-9)12(6-13(20)21)19(14(10)22)7-8-1-2-8/h3-5,8,12H,1-2,6-7H2,(H,20,21)/p-1. The topological polar surface area (TPSA) is 60.4 Å². The van der Waals surface area contributed by atoms with Gasteiger partial charge in [0.1, 0.15) is 0 Å². The molecule has 1 saturated carbocycles. The van der Waals surface area contributed by atoms with Crippen molar-refractivity contribution in [2.45, 2.75) is 31.5 Å². The molecule has 0 spiro atoms. The molecule has 7 heteroatoms. The van der Waals surface area contributed by atoms with Crippen LogP contribution in [0.25, 0.3) is 0 Å². The van der Waals surface area contributed by atoms with E-state index in [1.54, 1.807) is 0 Å². The maximum Gasteiger partial charge on any atom is 0.416 e. The first kappa shape index (κ1) is 14.9. The number of hydrogen-bond donors (Lipinski definition) is 0. The molecule has 22 heavy (non-hydrogen) atoms. The van der Waals surface area contributed by atoms with Crippen molar-refractivity contribution in [2.75, 3.05) is 6.54 Å². The van der Waals surface area contributed by atoms with E-state index in [0.29, 0.717) is 12.5 Å². The Hall–Kier alpha value is -2.05. The fraction of sp³-hybridized carbons (Fsp3) is 0.467. The van der Waals surface area contributed by atoms with Crippen molar-refractivity contribution < 1.29 is 27.9 Å². The van der Waals surface area contributed by atoms with E-state index in [1.807, 2.05) is 0 Å². The molecule has 118 valence electrons. The number of carboxylic acid groups (broad SMARTS) is 1. The third-order valence-corrected chi connectivity index (χ3v) is 4.12. The molecule has 0 N–H and O–H groups in total. The molecule has 1 amide bonds. The molecule has 1 heterocycles. The maximum atomic E-state index is 12.8. The van der Waals surface area contributed by atoms with Crippen LogP contribution in [0.4, 0.5) is 13.2 Å². The molecule has 0 radical (unpaired) electrons. The fourth-order valence-electron chi connectivity index (χ4n) is 2.84. The SMILES string of the molecule is O=C([O-])CC1c2cc(C(F)(F)F)ccc2C(=O)N1CC1CC1. The van der Waals surface area contributed by atoms with Gasteiger partial charge in [-0.1, -0.05) is 0 Å².